The van der Waals surface area contributed by atoms with E-state index in [0.29, 0.717) is 12.2 Å². The Kier molecular flexibility index (Phi) is 8.23. The van der Waals surface area contributed by atoms with Crippen molar-refractivity contribution < 1.29 is 17.9 Å². The van der Waals surface area contributed by atoms with Crippen molar-refractivity contribution in [2.24, 2.45) is 0 Å². The van der Waals surface area contributed by atoms with E-state index in [2.05, 4.69) is 5.32 Å². The first-order valence-corrected chi connectivity index (χ1v) is 12.8. The van der Waals surface area contributed by atoms with Gasteiger partial charge in [0.05, 0.1) is 28.8 Å². The molecule has 0 bridgehead atoms. The topological polar surface area (TPSA) is 75.7 Å². The molecule has 0 heterocycles. The molecule has 0 spiro atoms. The van der Waals surface area contributed by atoms with Gasteiger partial charge in [0.1, 0.15) is 12.3 Å². The van der Waals surface area contributed by atoms with E-state index >= 15 is 0 Å². The normalized spacial score (nSPS) is 12.1. The van der Waals surface area contributed by atoms with Gasteiger partial charge in [-0.2, -0.15) is 0 Å². The molecule has 1 N–H and O–H groups in total. The molecule has 3 aromatic rings. The maximum atomic E-state index is 13.6. The van der Waals surface area contributed by atoms with Crippen molar-refractivity contribution in [2.75, 3.05) is 18.0 Å². The molecule has 3 rings (SSSR count). The van der Waals surface area contributed by atoms with Crippen LogP contribution in [0.15, 0.2) is 71.6 Å². The smallest absolute Gasteiger partial charge is 0.264 e. The second-order valence-electron chi connectivity index (χ2n) is 8.08. The zero-order chi connectivity index (χ0) is 24.9. The second kappa shape index (κ2) is 10.9. The van der Waals surface area contributed by atoms with Crippen LogP contribution in [0.2, 0.25) is 5.02 Å². The van der Waals surface area contributed by atoms with Crippen molar-refractivity contribution >= 4 is 33.2 Å². The number of aryl methyl sites for hydroxylation is 2. The van der Waals surface area contributed by atoms with E-state index in [1.165, 1.54) is 25.3 Å². The van der Waals surface area contributed by atoms with Crippen LogP contribution in [0.3, 0.4) is 0 Å². The number of ether oxygens (including phenoxy) is 1. The highest BCUT2D eigenvalue weighted by Crippen LogP contribution is 2.32. The molecule has 0 aliphatic rings. The first kappa shape index (κ1) is 25.6. The lowest BCUT2D eigenvalue weighted by atomic mass is 10.0. The highest BCUT2D eigenvalue weighted by atomic mass is 35.5. The molecule has 3 aromatic carbocycles. The van der Waals surface area contributed by atoms with Gasteiger partial charge in [0, 0.05) is 0 Å². The number of carbonyl (C=O) groups is 1. The number of benzene rings is 3. The van der Waals surface area contributed by atoms with Gasteiger partial charge in [-0.05, 0) is 56.2 Å². The number of amides is 1. The summed E-state index contributed by atoms with van der Waals surface area (Å²) in [7, 11) is -2.56. The van der Waals surface area contributed by atoms with E-state index in [1.807, 2.05) is 45.0 Å². The number of hydrogen-bond acceptors (Lipinski definition) is 4. The monoisotopic (exact) mass is 500 g/mol. The average molecular weight is 501 g/mol. The molecule has 180 valence electrons. The summed E-state index contributed by atoms with van der Waals surface area (Å²) < 4.78 is 33.4. The highest BCUT2D eigenvalue weighted by molar-refractivity contribution is 7.92. The lowest BCUT2D eigenvalue weighted by molar-refractivity contribution is -0.120. The lowest BCUT2D eigenvalue weighted by Gasteiger charge is -2.26. The molecule has 1 atom stereocenters. The summed E-state index contributed by atoms with van der Waals surface area (Å²) in [5.74, 6) is -0.0111. The Balaban J connectivity index is 1.94. The zero-order valence-corrected chi connectivity index (χ0v) is 21.3. The van der Waals surface area contributed by atoms with Crippen molar-refractivity contribution in [3.63, 3.8) is 0 Å². The van der Waals surface area contributed by atoms with Crippen LogP contribution in [0.1, 0.15) is 36.1 Å². The number of methoxy groups -OCH3 is 1. The zero-order valence-electron chi connectivity index (χ0n) is 19.7. The Morgan fingerprint density at radius 1 is 1.00 bits per heavy atom. The minimum Gasteiger partial charge on any atom is -0.495 e. The molecule has 0 aliphatic heterocycles. The maximum absolute atomic E-state index is 13.6. The van der Waals surface area contributed by atoms with Crippen molar-refractivity contribution in [3.8, 4) is 5.75 Å². The van der Waals surface area contributed by atoms with Crippen LogP contribution in [-0.4, -0.2) is 28.0 Å². The summed E-state index contributed by atoms with van der Waals surface area (Å²) in [6, 6.07) is 18.8. The fourth-order valence-corrected chi connectivity index (χ4v) is 5.22. The highest BCUT2D eigenvalue weighted by Gasteiger charge is 2.28. The van der Waals surface area contributed by atoms with E-state index in [9.17, 15) is 13.2 Å². The van der Waals surface area contributed by atoms with Gasteiger partial charge in [0.15, 0.2) is 0 Å². The van der Waals surface area contributed by atoms with E-state index in [-0.39, 0.29) is 21.6 Å². The number of anilines is 1. The maximum Gasteiger partial charge on any atom is 0.264 e. The van der Waals surface area contributed by atoms with E-state index in [4.69, 9.17) is 16.3 Å². The molecule has 34 heavy (non-hydrogen) atoms. The standard InChI is InChI=1S/C26H29ClN2O4S/c1-5-24(20-10-6-18(2)7-11-20)28-26(30)17-29(21-12-15-25(33-4)23(27)16-21)34(31,32)22-13-8-19(3)9-14-22/h6-16,24H,5,17H2,1-4H3,(H,28,30)/t24-/m0/s1. The molecule has 0 saturated heterocycles. The molecular weight excluding hydrogens is 472 g/mol. The van der Waals surface area contributed by atoms with E-state index in [0.717, 1.165) is 21.0 Å². The first-order chi connectivity index (χ1) is 16.1. The Bertz CT molecular complexity index is 1240. The van der Waals surface area contributed by atoms with Crippen LogP contribution in [-0.2, 0) is 14.8 Å². The molecule has 0 saturated carbocycles. The molecule has 0 unspecified atom stereocenters. The number of sulfonamides is 1. The molecule has 1 amide bonds. The van der Waals surface area contributed by atoms with Crippen molar-refractivity contribution in [3.05, 3.63) is 88.4 Å². The molecule has 0 radical (unpaired) electrons. The molecular formula is C26H29ClN2O4S. The Labute approximate surface area is 206 Å². The Hall–Kier alpha value is -3.03. The average Bonchev–Trinajstić information content (AvgIpc) is 2.81. The summed E-state index contributed by atoms with van der Waals surface area (Å²) in [6.07, 6.45) is 0.661. The van der Waals surface area contributed by atoms with Gasteiger partial charge in [0.25, 0.3) is 10.0 Å². The molecule has 8 heteroatoms. The predicted octanol–water partition coefficient (Wildman–Crippen LogP) is 5.43. The predicted molar refractivity (Wildman–Crippen MR) is 136 cm³/mol. The number of halogens is 1. The second-order valence-corrected chi connectivity index (χ2v) is 10.4. The van der Waals surface area contributed by atoms with Gasteiger partial charge >= 0.3 is 0 Å². The number of hydrogen-bond donors (Lipinski definition) is 1. The van der Waals surface area contributed by atoms with Gasteiger partial charge in [-0.15, -0.1) is 0 Å². The van der Waals surface area contributed by atoms with Gasteiger partial charge in [-0.25, -0.2) is 8.42 Å². The minimum atomic E-state index is -4.04. The van der Waals surface area contributed by atoms with Gasteiger partial charge in [0.2, 0.25) is 5.91 Å². The first-order valence-electron chi connectivity index (χ1n) is 10.9. The summed E-state index contributed by atoms with van der Waals surface area (Å²) in [5.41, 5.74) is 3.28. The van der Waals surface area contributed by atoms with Crippen LogP contribution >= 0.6 is 11.6 Å². The third-order valence-electron chi connectivity index (χ3n) is 5.54. The van der Waals surface area contributed by atoms with Crippen LogP contribution < -0.4 is 14.4 Å². The minimum absolute atomic E-state index is 0.0865. The quantitative estimate of drug-likeness (QED) is 0.425. The van der Waals surface area contributed by atoms with Crippen molar-refractivity contribution in [2.45, 2.75) is 38.1 Å². The third kappa shape index (κ3) is 5.90. The molecule has 6 nitrogen and oxygen atoms in total. The van der Waals surface area contributed by atoms with Crippen LogP contribution in [0.5, 0.6) is 5.75 Å². The fraction of sp³-hybridized carbons (Fsp3) is 0.269. The van der Waals surface area contributed by atoms with E-state index in [1.54, 1.807) is 24.3 Å². The Morgan fingerprint density at radius 2 is 1.59 bits per heavy atom. The van der Waals surface area contributed by atoms with E-state index < -0.39 is 22.5 Å². The van der Waals surface area contributed by atoms with Gasteiger partial charge in [-0.1, -0.05) is 66.0 Å². The van der Waals surface area contributed by atoms with Gasteiger partial charge in [-0.3, -0.25) is 9.10 Å². The molecule has 0 aliphatic carbocycles. The fourth-order valence-electron chi connectivity index (χ4n) is 3.55. The Morgan fingerprint density at radius 3 is 2.12 bits per heavy atom. The third-order valence-corrected chi connectivity index (χ3v) is 7.63. The number of rotatable bonds is 9. The largest absolute Gasteiger partial charge is 0.495 e. The molecule has 0 fully saturated rings. The summed E-state index contributed by atoms with van der Waals surface area (Å²) in [4.78, 5) is 13.2. The SMILES string of the molecule is CC[C@H](NC(=O)CN(c1ccc(OC)c(Cl)c1)S(=O)(=O)c1ccc(C)cc1)c1ccc(C)cc1. The van der Waals surface area contributed by atoms with Crippen LogP contribution in [0.25, 0.3) is 0 Å². The summed E-state index contributed by atoms with van der Waals surface area (Å²) in [6.45, 7) is 5.44. The van der Waals surface area contributed by atoms with Crippen molar-refractivity contribution in [1.82, 2.24) is 5.32 Å². The van der Waals surface area contributed by atoms with Crippen LogP contribution in [0, 0.1) is 13.8 Å². The van der Waals surface area contributed by atoms with Gasteiger partial charge < -0.3 is 10.1 Å². The molecule has 0 aromatic heterocycles. The number of carbonyl (C=O) groups excluding carboxylic acids is 1. The number of nitrogens with one attached hydrogen (secondary N) is 1. The van der Waals surface area contributed by atoms with Crippen molar-refractivity contribution in [1.29, 1.82) is 0 Å². The summed E-state index contributed by atoms with van der Waals surface area (Å²) in [5, 5.41) is 3.22. The lowest BCUT2D eigenvalue weighted by Crippen LogP contribution is -2.42. The summed E-state index contributed by atoms with van der Waals surface area (Å²) >= 11 is 6.28. The number of nitrogens with zero attached hydrogens (tertiary/aromatic N) is 1. The van der Waals surface area contributed by atoms with Crippen LogP contribution in [0.4, 0.5) is 5.69 Å².